The van der Waals surface area contributed by atoms with Crippen LogP contribution < -0.4 is 27.4 Å². The maximum Gasteiger partial charge on any atom is 0.326 e. The molecule has 4 unspecified atom stereocenters. The highest BCUT2D eigenvalue weighted by Gasteiger charge is 2.31. The molecule has 1 aromatic rings. The van der Waals surface area contributed by atoms with Crippen LogP contribution in [0.5, 0.6) is 5.75 Å². The van der Waals surface area contributed by atoms with Gasteiger partial charge in [0, 0.05) is 0 Å². The number of carboxylic acid groups (broad SMARTS) is 1. The minimum Gasteiger partial charge on any atom is -0.508 e. The number of rotatable bonds is 16. The Bertz CT molecular complexity index is 890. The van der Waals surface area contributed by atoms with Gasteiger partial charge >= 0.3 is 5.97 Å². The molecule has 0 saturated carbocycles. The molecule has 0 aromatic heterocycles. The van der Waals surface area contributed by atoms with Crippen LogP contribution in [0.4, 0.5) is 0 Å². The number of carboxylic acids is 1. The zero-order valence-electron chi connectivity index (χ0n) is 22.2. The van der Waals surface area contributed by atoms with Crippen LogP contribution in [0.3, 0.4) is 0 Å². The smallest absolute Gasteiger partial charge is 0.326 e. The number of carbonyl (C=O) groups excluding carboxylic acids is 3. The highest BCUT2D eigenvalue weighted by atomic mass is 16.4. The van der Waals surface area contributed by atoms with Gasteiger partial charge in [0.05, 0.1) is 6.04 Å². The van der Waals surface area contributed by atoms with Crippen LogP contribution in [0.15, 0.2) is 24.3 Å². The van der Waals surface area contributed by atoms with Crippen molar-refractivity contribution >= 4 is 23.7 Å². The number of phenols is 1. The maximum atomic E-state index is 13.2. The Morgan fingerprint density at radius 1 is 0.865 bits per heavy atom. The van der Waals surface area contributed by atoms with Crippen molar-refractivity contribution in [1.29, 1.82) is 0 Å². The number of carbonyl (C=O) groups is 4. The van der Waals surface area contributed by atoms with Gasteiger partial charge in [-0.05, 0) is 68.2 Å². The third-order valence-electron chi connectivity index (χ3n) is 5.88. The second kappa shape index (κ2) is 15.8. The molecule has 0 aliphatic rings. The number of aliphatic carboxylic acids is 1. The molecule has 4 atom stereocenters. The second-order valence-corrected chi connectivity index (χ2v) is 10.1. The Labute approximate surface area is 218 Å². The first-order chi connectivity index (χ1) is 17.3. The van der Waals surface area contributed by atoms with Crippen molar-refractivity contribution in [1.82, 2.24) is 16.0 Å². The molecule has 1 rings (SSSR count). The Morgan fingerprint density at radius 3 is 1.97 bits per heavy atom. The summed E-state index contributed by atoms with van der Waals surface area (Å²) >= 11 is 0. The van der Waals surface area contributed by atoms with E-state index in [0.717, 1.165) is 5.56 Å². The van der Waals surface area contributed by atoms with Gasteiger partial charge < -0.3 is 37.6 Å². The predicted octanol–water partition coefficient (Wildman–Crippen LogP) is 0.632. The van der Waals surface area contributed by atoms with Crippen molar-refractivity contribution in [2.24, 2.45) is 23.3 Å². The van der Waals surface area contributed by atoms with E-state index >= 15 is 0 Å². The van der Waals surface area contributed by atoms with Gasteiger partial charge in [0.25, 0.3) is 0 Å². The second-order valence-electron chi connectivity index (χ2n) is 10.1. The summed E-state index contributed by atoms with van der Waals surface area (Å²) in [4.78, 5) is 50.5. The molecule has 11 nitrogen and oxygen atoms in total. The van der Waals surface area contributed by atoms with Crippen molar-refractivity contribution in [3.8, 4) is 5.75 Å². The molecule has 0 fully saturated rings. The molecule has 0 aliphatic heterocycles. The molecule has 0 aliphatic carbocycles. The number of nitrogens with two attached hydrogens (primary N) is 2. The third kappa shape index (κ3) is 11.6. The highest BCUT2D eigenvalue weighted by molar-refractivity contribution is 5.94. The van der Waals surface area contributed by atoms with Gasteiger partial charge in [0.2, 0.25) is 17.7 Å². The largest absolute Gasteiger partial charge is 0.508 e. The van der Waals surface area contributed by atoms with E-state index in [1.165, 1.54) is 12.1 Å². The topological polar surface area (TPSA) is 197 Å². The molecular formula is C26H43N5O6. The summed E-state index contributed by atoms with van der Waals surface area (Å²) in [6.07, 6.45) is 1.89. The van der Waals surface area contributed by atoms with Crippen LogP contribution >= 0.6 is 0 Å². The fourth-order valence-electron chi connectivity index (χ4n) is 3.76. The van der Waals surface area contributed by atoms with Gasteiger partial charge in [0.15, 0.2) is 0 Å². The van der Waals surface area contributed by atoms with E-state index in [1.807, 2.05) is 13.8 Å². The summed E-state index contributed by atoms with van der Waals surface area (Å²) in [5.41, 5.74) is 12.4. The van der Waals surface area contributed by atoms with Crippen LogP contribution in [-0.4, -0.2) is 64.6 Å². The van der Waals surface area contributed by atoms with Crippen molar-refractivity contribution in [3.05, 3.63) is 29.8 Å². The Morgan fingerprint density at radius 2 is 1.46 bits per heavy atom. The molecule has 208 valence electrons. The Kier molecular flexibility index (Phi) is 13.6. The van der Waals surface area contributed by atoms with E-state index in [1.54, 1.807) is 26.0 Å². The molecular weight excluding hydrogens is 478 g/mol. The maximum absolute atomic E-state index is 13.2. The number of hydrogen-bond donors (Lipinski definition) is 7. The molecule has 0 radical (unpaired) electrons. The van der Waals surface area contributed by atoms with E-state index in [9.17, 15) is 29.4 Å². The zero-order valence-corrected chi connectivity index (χ0v) is 22.2. The van der Waals surface area contributed by atoms with E-state index in [2.05, 4.69) is 16.0 Å². The van der Waals surface area contributed by atoms with Crippen LogP contribution in [-0.2, 0) is 25.6 Å². The first kappa shape index (κ1) is 31.8. The van der Waals surface area contributed by atoms with Crippen molar-refractivity contribution in [3.63, 3.8) is 0 Å². The molecule has 0 spiro atoms. The molecule has 0 bridgehead atoms. The summed E-state index contributed by atoms with van der Waals surface area (Å²) in [6, 6.07) is 2.33. The summed E-state index contributed by atoms with van der Waals surface area (Å²) in [5, 5.41) is 26.8. The van der Waals surface area contributed by atoms with Gasteiger partial charge in [-0.15, -0.1) is 0 Å². The van der Waals surface area contributed by atoms with Crippen molar-refractivity contribution in [2.75, 3.05) is 6.54 Å². The number of benzene rings is 1. The van der Waals surface area contributed by atoms with E-state index in [-0.39, 0.29) is 36.8 Å². The first-order valence-corrected chi connectivity index (χ1v) is 12.7. The standard InChI is InChI=1S/C26H43N5O6/c1-15(2)13-21(26(36)37)30-24(34)20(7-5-6-12-27)29-25(35)22(16(3)4)31-23(33)19(28)14-17-8-10-18(32)11-9-17/h8-11,15-16,19-22,32H,5-7,12-14,27-28H2,1-4H3,(H,29,35)(H,30,34)(H,31,33)(H,36,37). The van der Waals surface area contributed by atoms with Gasteiger partial charge in [0.1, 0.15) is 23.9 Å². The predicted molar refractivity (Wildman–Crippen MR) is 140 cm³/mol. The van der Waals surface area contributed by atoms with Gasteiger partial charge in [-0.2, -0.15) is 0 Å². The van der Waals surface area contributed by atoms with Gasteiger partial charge in [-0.1, -0.05) is 39.8 Å². The third-order valence-corrected chi connectivity index (χ3v) is 5.88. The Balaban J connectivity index is 2.93. The van der Waals surface area contributed by atoms with Gasteiger partial charge in [-0.3, -0.25) is 14.4 Å². The number of unbranched alkanes of at least 4 members (excludes halogenated alkanes) is 1. The van der Waals surface area contributed by atoms with Crippen LogP contribution in [0.1, 0.15) is 58.9 Å². The van der Waals surface area contributed by atoms with Gasteiger partial charge in [-0.25, -0.2) is 4.79 Å². The fraction of sp³-hybridized carbons (Fsp3) is 0.615. The molecule has 0 heterocycles. The van der Waals surface area contributed by atoms with Crippen LogP contribution in [0.25, 0.3) is 0 Å². The minimum absolute atomic E-state index is 0.0398. The summed E-state index contributed by atoms with van der Waals surface area (Å²) in [6.45, 7) is 7.62. The fourth-order valence-corrected chi connectivity index (χ4v) is 3.76. The number of nitrogens with one attached hydrogen (secondary N) is 3. The molecule has 3 amide bonds. The Hall–Kier alpha value is -3.18. The summed E-state index contributed by atoms with van der Waals surface area (Å²) in [7, 11) is 0. The van der Waals surface area contributed by atoms with Crippen LogP contribution in [0, 0.1) is 11.8 Å². The van der Waals surface area contributed by atoms with Crippen LogP contribution in [0.2, 0.25) is 0 Å². The minimum atomic E-state index is -1.15. The lowest BCUT2D eigenvalue weighted by molar-refractivity contribution is -0.143. The highest BCUT2D eigenvalue weighted by Crippen LogP contribution is 2.12. The quantitative estimate of drug-likeness (QED) is 0.154. The number of aromatic hydroxyl groups is 1. The molecule has 11 heteroatoms. The SMILES string of the molecule is CC(C)CC(NC(=O)C(CCCCN)NC(=O)C(NC(=O)C(N)Cc1ccc(O)cc1)C(C)C)C(=O)O. The van der Waals surface area contributed by atoms with E-state index in [0.29, 0.717) is 19.4 Å². The van der Waals surface area contributed by atoms with Crippen molar-refractivity contribution in [2.45, 2.75) is 84.0 Å². The molecule has 1 aromatic carbocycles. The lowest BCUT2D eigenvalue weighted by Gasteiger charge is -2.27. The number of phenolic OH excluding ortho intramolecular Hbond substituents is 1. The lowest BCUT2D eigenvalue weighted by Crippen LogP contribution is -2.58. The number of hydrogen-bond acceptors (Lipinski definition) is 7. The van der Waals surface area contributed by atoms with E-state index in [4.69, 9.17) is 11.5 Å². The monoisotopic (exact) mass is 521 g/mol. The average Bonchev–Trinajstić information content (AvgIpc) is 2.81. The molecule has 0 saturated heterocycles. The number of amides is 3. The summed E-state index contributed by atoms with van der Waals surface area (Å²) in [5.74, 6) is -3.02. The normalized spacial score (nSPS) is 14.5. The zero-order chi connectivity index (χ0) is 28.1. The molecule has 9 N–H and O–H groups in total. The summed E-state index contributed by atoms with van der Waals surface area (Å²) < 4.78 is 0. The lowest BCUT2D eigenvalue weighted by atomic mass is 9.99. The van der Waals surface area contributed by atoms with E-state index < -0.39 is 47.9 Å². The first-order valence-electron chi connectivity index (χ1n) is 12.7. The van der Waals surface area contributed by atoms with Crippen molar-refractivity contribution < 1.29 is 29.4 Å². The average molecular weight is 522 g/mol. The molecule has 37 heavy (non-hydrogen) atoms.